The van der Waals surface area contributed by atoms with Crippen LogP contribution in [0.3, 0.4) is 0 Å². The molecule has 0 bridgehead atoms. The fraction of sp³-hybridized carbons (Fsp3) is 0.409. The van der Waals surface area contributed by atoms with E-state index >= 15 is 0 Å². The predicted octanol–water partition coefficient (Wildman–Crippen LogP) is 1.62. The Morgan fingerprint density at radius 3 is 2.22 bits per heavy atom. The molecule has 0 spiro atoms. The highest BCUT2D eigenvalue weighted by atomic mass is 16.5. The predicted molar refractivity (Wildman–Crippen MR) is 123 cm³/mol. The van der Waals surface area contributed by atoms with Crippen molar-refractivity contribution in [2.45, 2.75) is 26.0 Å². The van der Waals surface area contributed by atoms with Crippen LogP contribution in [0.4, 0.5) is 0 Å². The van der Waals surface area contributed by atoms with Gasteiger partial charge in [-0.15, -0.1) is 0 Å². The summed E-state index contributed by atoms with van der Waals surface area (Å²) in [4.78, 5) is 29.2. The molecule has 10 heteroatoms. The van der Waals surface area contributed by atoms with Crippen LogP contribution in [-0.2, 0) is 21.1 Å². The van der Waals surface area contributed by atoms with E-state index in [9.17, 15) is 9.59 Å². The van der Waals surface area contributed by atoms with Crippen LogP contribution in [0.25, 0.3) is 23.3 Å². The van der Waals surface area contributed by atoms with Crippen LogP contribution >= 0.6 is 0 Å². The number of aryl methyl sites for hydroxylation is 2. The van der Waals surface area contributed by atoms with E-state index in [1.165, 1.54) is 11.6 Å². The van der Waals surface area contributed by atoms with E-state index in [1.807, 2.05) is 13.0 Å². The Labute approximate surface area is 185 Å². The molecule has 3 aromatic rings. The first kappa shape index (κ1) is 23.1. The van der Waals surface area contributed by atoms with Crippen LogP contribution in [-0.4, -0.2) is 39.1 Å². The van der Waals surface area contributed by atoms with Crippen LogP contribution in [0.15, 0.2) is 21.7 Å². The lowest BCUT2D eigenvalue weighted by Gasteiger charge is -2.19. The number of aromatic nitrogens is 4. The van der Waals surface area contributed by atoms with E-state index in [-0.39, 0.29) is 0 Å². The summed E-state index contributed by atoms with van der Waals surface area (Å²) in [7, 11) is 7.85. The van der Waals surface area contributed by atoms with Crippen molar-refractivity contribution in [3.63, 3.8) is 0 Å². The summed E-state index contributed by atoms with van der Waals surface area (Å²) in [6.45, 7) is 2.03. The summed E-state index contributed by atoms with van der Waals surface area (Å²) < 4.78 is 20.9. The van der Waals surface area contributed by atoms with Gasteiger partial charge < -0.3 is 18.8 Å². The molecule has 0 saturated carbocycles. The zero-order chi connectivity index (χ0) is 23.6. The highest BCUT2D eigenvalue weighted by Crippen LogP contribution is 2.39. The van der Waals surface area contributed by atoms with E-state index in [0.717, 1.165) is 16.6 Å². The number of methoxy groups -OCH3 is 2. The Morgan fingerprint density at radius 1 is 1.03 bits per heavy atom. The average Bonchev–Trinajstić information content (AvgIpc) is 3.11. The average molecular weight is 444 g/mol. The molecule has 2 N–H and O–H groups in total. The van der Waals surface area contributed by atoms with Gasteiger partial charge in [0.25, 0.3) is 5.56 Å². The number of rotatable bonds is 8. The summed E-state index contributed by atoms with van der Waals surface area (Å²) in [5, 5.41) is 0. The summed E-state index contributed by atoms with van der Waals surface area (Å²) >= 11 is 0. The zero-order valence-corrected chi connectivity index (χ0v) is 19.2. The van der Waals surface area contributed by atoms with Crippen molar-refractivity contribution in [3.05, 3.63) is 44.4 Å². The summed E-state index contributed by atoms with van der Waals surface area (Å²) in [5.41, 5.74) is 6.64. The summed E-state index contributed by atoms with van der Waals surface area (Å²) in [5.74, 6) is 1.92. The summed E-state index contributed by atoms with van der Waals surface area (Å²) in [6, 6.07) is 3.59. The number of nitrogens with zero attached hydrogens (tertiary/aromatic N) is 4. The van der Waals surface area contributed by atoms with Gasteiger partial charge in [-0.1, -0.05) is 19.4 Å². The molecule has 0 radical (unpaired) electrons. The Morgan fingerprint density at radius 2 is 1.66 bits per heavy atom. The van der Waals surface area contributed by atoms with Gasteiger partial charge >= 0.3 is 5.69 Å². The molecular formula is C22H29N5O5. The second-order valence-corrected chi connectivity index (χ2v) is 7.44. The standard InChI is InChI=1S/C22H29N5O5/c1-7-8-16(23)32-19-14(30-5)11-13(12-15(19)31-6)9-10-17-24-20-18(25(17)2)21(28)27(4)22(29)26(20)3/h9-12,16H,7-8,23H2,1-6H3. The minimum absolute atomic E-state index is 0.323. The molecule has 32 heavy (non-hydrogen) atoms. The van der Waals surface area contributed by atoms with Gasteiger partial charge in [0.1, 0.15) is 12.1 Å². The Hall–Kier alpha value is -3.53. The molecule has 0 saturated heterocycles. The van der Waals surface area contributed by atoms with Crippen LogP contribution in [0.1, 0.15) is 31.2 Å². The summed E-state index contributed by atoms with van der Waals surface area (Å²) in [6.07, 6.45) is 4.67. The lowest BCUT2D eigenvalue weighted by atomic mass is 10.1. The number of fused-ring (bicyclic) bond motifs is 1. The minimum atomic E-state index is -0.474. The molecule has 10 nitrogen and oxygen atoms in total. The molecule has 0 aliphatic rings. The van der Waals surface area contributed by atoms with Crippen LogP contribution < -0.4 is 31.2 Å². The maximum Gasteiger partial charge on any atom is 0.332 e. The van der Waals surface area contributed by atoms with Gasteiger partial charge in [-0.3, -0.25) is 19.7 Å². The van der Waals surface area contributed by atoms with Crippen molar-refractivity contribution in [1.29, 1.82) is 0 Å². The highest BCUT2D eigenvalue weighted by Gasteiger charge is 2.18. The molecule has 2 heterocycles. The van der Waals surface area contributed by atoms with Crippen LogP contribution in [0.5, 0.6) is 17.2 Å². The van der Waals surface area contributed by atoms with E-state index in [2.05, 4.69) is 4.98 Å². The largest absolute Gasteiger partial charge is 0.493 e. The molecule has 3 rings (SSSR count). The smallest absolute Gasteiger partial charge is 0.332 e. The van der Waals surface area contributed by atoms with Crippen molar-refractivity contribution in [2.75, 3.05) is 14.2 Å². The van der Waals surface area contributed by atoms with Crippen molar-refractivity contribution in [2.24, 2.45) is 26.9 Å². The lowest BCUT2D eigenvalue weighted by molar-refractivity contribution is 0.181. The molecule has 1 atom stereocenters. The monoisotopic (exact) mass is 443 g/mol. The van der Waals surface area contributed by atoms with E-state index in [1.54, 1.807) is 51.1 Å². The molecule has 172 valence electrons. The van der Waals surface area contributed by atoms with E-state index in [0.29, 0.717) is 40.7 Å². The molecule has 0 aliphatic heterocycles. The number of hydrogen-bond donors (Lipinski definition) is 1. The van der Waals surface area contributed by atoms with Gasteiger partial charge in [0, 0.05) is 21.1 Å². The first-order chi connectivity index (χ1) is 15.2. The van der Waals surface area contributed by atoms with Crippen molar-refractivity contribution < 1.29 is 14.2 Å². The van der Waals surface area contributed by atoms with Gasteiger partial charge in [0.2, 0.25) is 5.75 Å². The Kier molecular flexibility index (Phi) is 6.73. The van der Waals surface area contributed by atoms with Gasteiger partial charge in [-0.05, 0) is 30.2 Å². The van der Waals surface area contributed by atoms with E-state index in [4.69, 9.17) is 19.9 Å². The van der Waals surface area contributed by atoms with Gasteiger partial charge in [-0.25, -0.2) is 9.78 Å². The third-order valence-electron chi connectivity index (χ3n) is 5.26. The molecule has 1 aromatic carbocycles. The fourth-order valence-corrected chi connectivity index (χ4v) is 3.46. The van der Waals surface area contributed by atoms with Crippen LogP contribution in [0, 0.1) is 0 Å². The first-order valence-electron chi connectivity index (χ1n) is 10.2. The maximum absolute atomic E-state index is 12.6. The van der Waals surface area contributed by atoms with Crippen molar-refractivity contribution in [1.82, 2.24) is 18.7 Å². The van der Waals surface area contributed by atoms with Crippen molar-refractivity contribution in [3.8, 4) is 17.2 Å². The maximum atomic E-state index is 12.6. The third-order valence-corrected chi connectivity index (χ3v) is 5.26. The molecule has 2 aromatic heterocycles. The normalized spacial score (nSPS) is 12.5. The topological polar surface area (TPSA) is 116 Å². The van der Waals surface area contributed by atoms with Crippen molar-refractivity contribution >= 4 is 23.3 Å². The first-order valence-corrected chi connectivity index (χ1v) is 10.2. The molecule has 1 unspecified atom stereocenters. The Bertz CT molecular complexity index is 1260. The number of nitrogens with two attached hydrogens (primary N) is 1. The van der Waals surface area contributed by atoms with Gasteiger partial charge in [0.15, 0.2) is 22.7 Å². The van der Waals surface area contributed by atoms with E-state index < -0.39 is 17.5 Å². The lowest BCUT2D eigenvalue weighted by Crippen LogP contribution is -2.37. The second kappa shape index (κ2) is 9.31. The van der Waals surface area contributed by atoms with Gasteiger partial charge in [-0.2, -0.15) is 0 Å². The quantitative estimate of drug-likeness (QED) is 0.526. The number of ether oxygens (including phenoxy) is 3. The third kappa shape index (κ3) is 4.13. The number of hydrogen-bond acceptors (Lipinski definition) is 7. The highest BCUT2D eigenvalue weighted by molar-refractivity contribution is 5.77. The zero-order valence-electron chi connectivity index (χ0n) is 19.2. The van der Waals surface area contributed by atoms with Gasteiger partial charge in [0.05, 0.1) is 14.2 Å². The number of imidazole rings is 1. The second-order valence-electron chi connectivity index (χ2n) is 7.44. The minimum Gasteiger partial charge on any atom is -0.493 e. The van der Waals surface area contributed by atoms with Crippen LogP contribution in [0.2, 0.25) is 0 Å². The fourth-order valence-electron chi connectivity index (χ4n) is 3.46. The molecule has 0 fully saturated rings. The Balaban J connectivity index is 2.04. The molecular weight excluding hydrogens is 414 g/mol. The molecule has 0 aliphatic carbocycles. The SMILES string of the molecule is CCCC(N)Oc1c(OC)cc(C=Cc2nc3c(c(=O)n(C)c(=O)n3C)n2C)cc1OC. The number of benzene rings is 1. The molecule has 0 amide bonds.